The van der Waals surface area contributed by atoms with Gasteiger partial charge in [-0.05, 0) is 70.7 Å². The van der Waals surface area contributed by atoms with Crippen molar-refractivity contribution in [2.45, 2.75) is 65.1 Å². The van der Waals surface area contributed by atoms with Crippen LogP contribution < -0.4 is 20.1 Å². The number of hydrogen-bond donors (Lipinski definition) is 2. The quantitative estimate of drug-likeness (QED) is 0.573. The number of hydrogen-bond acceptors (Lipinski definition) is 7. The third-order valence-electron chi connectivity index (χ3n) is 6.70. The van der Waals surface area contributed by atoms with Crippen LogP contribution >= 0.6 is 0 Å². The number of nitrogens with one attached hydrogen (secondary N) is 1. The molecule has 10 heteroatoms. The highest BCUT2D eigenvalue weighted by Gasteiger charge is 2.40. The lowest BCUT2D eigenvalue weighted by Gasteiger charge is -2.34. The number of rotatable bonds is 7. The number of carbonyl (C=O) groups excluding carboxylic acids is 1. The van der Waals surface area contributed by atoms with E-state index in [2.05, 4.69) is 30.4 Å². The van der Waals surface area contributed by atoms with Crippen LogP contribution in [0.4, 0.5) is 5.82 Å². The van der Waals surface area contributed by atoms with Crippen LogP contribution in [-0.4, -0.2) is 60.9 Å². The predicted molar refractivity (Wildman–Crippen MR) is 145 cm³/mol. The summed E-state index contributed by atoms with van der Waals surface area (Å²) in [6.07, 6.45) is 1.53. The Labute approximate surface area is 217 Å². The molecule has 36 heavy (non-hydrogen) atoms. The number of amides is 1. The minimum Gasteiger partial charge on any atom is -0.491 e. The summed E-state index contributed by atoms with van der Waals surface area (Å²) in [6.45, 7) is 11.5. The summed E-state index contributed by atoms with van der Waals surface area (Å²) in [5.41, 5.74) is 7.39. The molecule has 2 aliphatic rings. The fraction of sp³-hybridized carbons (Fsp3) is 0.538. The Balaban J connectivity index is 0.00000253. The molecule has 0 unspecified atom stereocenters. The Hall–Kier alpha value is -2.69. The SMILES string of the molecule is CC(C)Oc1cccc(-c2ccc(C(=O)NS(=O)(=O)N3CC[C@H](N)C3)c(N3C[C@@H](C)CC3(C)C)n2)c1.[HH].[HH]. The summed E-state index contributed by atoms with van der Waals surface area (Å²) < 4.78 is 35.1. The lowest BCUT2D eigenvalue weighted by atomic mass is 9.97. The molecule has 200 valence electrons. The first-order valence-electron chi connectivity index (χ1n) is 12.5. The second-order valence-corrected chi connectivity index (χ2v) is 12.5. The number of nitrogens with two attached hydrogens (primary N) is 1. The third-order valence-corrected chi connectivity index (χ3v) is 8.15. The number of ether oxygens (including phenoxy) is 1. The molecular weight excluding hydrogens is 478 g/mol. The van der Waals surface area contributed by atoms with Crippen molar-refractivity contribution in [2.75, 3.05) is 24.5 Å². The smallest absolute Gasteiger partial charge is 0.304 e. The van der Waals surface area contributed by atoms with Crippen molar-refractivity contribution in [2.24, 2.45) is 11.7 Å². The fourth-order valence-corrected chi connectivity index (χ4v) is 6.37. The first kappa shape index (κ1) is 26.4. The number of aromatic nitrogens is 1. The van der Waals surface area contributed by atoms with Crippen molar-refractivity contribution in [1.82, 2.24) is 14.0 Å². The van der Waals surface area contributed by atoms with E-state index in [4.69, 9.17) is 15.5 Å². The number of nitrogens with zero attached hydrogens (tertiary/aromatic N) is 3. The highest BCUT2D eigenvalue weighted by molar-refractivity contribution is 7.87. The molecule has 2 saturated heterocycles. The maximum absolute atomic E-state index is 13.4. The van der Waals surface area contributed by atoms with Gasteiger partial charge in [0.2, 0.25) is 0 Å². The van der Waals surface area contributed by atoms with E-state index in [0.717, 1.165) is 17.7 Å². The van der Waals surface area contributed by atoms with Gasteiger partial charge in [0.1, 0.15) is 11.6 Å². The highest BCUT2D eigenvalue weighted by Crippen LogP contribution is 2.38. The summed E-state index contributed by atoms with van der Waals surface area (Å²) in [7, 11) is -4.01. The summed E-state index contributed by atoms with van der Waals surface area (Å²) in [4.78, 5) is 20.4. The van der Waals surface area contributed by atoms with Gasteiger partial charge in [-0.2, -0.15) is 12.7 Å². The molecule has 2 aliphatic heterocycles. The molecule has 2 atom stereocenters. The molecule has 0 aliphatic carbocycles. The molecule has 1 amide bonds. The molecule has 3 heterocycles. The molecule has 2 aromatic rings. The third kappa shape index (κ3) is 5.66. The van der Waals surface area contributed by atoms with E-state index in [1.807, 2.05) is 38.1 Å². The van der Waals surface area contributed by atoms with Gasteiger partial charge in [-0.3, -0.25) is 4.79 Å². The zero-order chi connectivity index (χ0) is 26.3. The summed E-state index contributed by atoms with van der Waals surface area (Å²) >= 11 is 0. The van der Waals surface area contributed by atoms with Crippen molar-refractivity contribution < 1.29 is 20.8 Å². The Bertz CT molecular complexity index is 1240. The van der Waals surface area contributed by atoms with Crippen LogP contribution in [-0.2, 0) is 10.2 Å². The Morgan fingerprint density at radius 1 is 1.25 bits per heavy atom. The maximum atomic E-state index is 13.4. The van der Waals surface area contributed by atoms with Gasteiger partial charge in [0.05, 0.1) is 17.4 Å². The van der Waals surface area contributed by atoms with Gasteiger partial charge in [0.25, 0.3) is 5.91 Å². The molecule has 1 aromatic heterocycles. The largest absolute Gasteiger partial charge is 0.491 e. The number of pyridine rings is 1. The monoisotopic (exact) mass is 519 g/mol. The van der Waals surface area contributed by atoms with E-state index in [-0.39, 0.29) is 32.6 Å². The van der Waals surface area contributed by atoms with Crippen LogP contribution in [0.3, 0.4) is 0 Å². The van der Waals surface area contributed by atoms with Gasteiger partial charge in [0.15, 0.2) is 0 Å². The van der Waals surface area contributed by atoms with E-state index in [1.54, 1.807) is 12.1 Å². The fourth-order valence-electron chi connectivity index (χ4n) is 5.16. The van der Waals surface area contributed by atoms with Gasteiger partial charge in [-0.15, -0.1) is 0 Å². The number of carbonyl (C=O) groups is 1. The van der Waals surface area contributed by atoms with Crippen molar-refractivity contribution in [3.63, 3.8) is 0 Å². The topological polar surface area (TPSA) is 118 Å². The standard InChI is InChI=1S/C26H37N5O4S.2H2/c1-17(2)35-21-8-6-7-19(13-21)23-10-9-22(24(28-23)31-15-18(3)14-26(31,4)5)25(32)29-36(33,34)30-12-11-20(27)16-30;;/h6-10,13,17-18,20H,11-12,14-16,27H2,1-5H3,(H,29,32);2*1H/t18-,20-;;/m0../s1. The second kappa shape index (κ2) is 9.99. The molecule has 0 saturated carbocycles. The lowest BCUT2D eigenvalue weighted by molar-refractivity contribution is 0.0979. The number of anilines is 1. The normalized spacial score (nSPS) is 22.2. The maximum Gasteiger partial charge on any atom is 0.304 e. The van der Waals surface area contributed by atoms with E-state index >= 15 is 0 Å². The van der Waals surface area contributed by atoms with Crippen LogP contribution in [0.5, 0.6) is 5.75 Å². The first-order valence-corrected chi connectivity index (χ1v) is 13.9. The lowest BCUT2D eigenvalue weighted by Crippen LogP contribution is -2.44. The van der Waals surface area contributed by atoms with E-state index in [9.17, 15) is 13.2 Å². The number of benzene rings is 1. The van der Waals surface area contributed by atoms with Crippen molar-refractivity contribution in [3.05, 3.63) is 42.0 Å². The predicted octanol–water partition coefficient (Wildman–Crippen LogP) is 3.66. The Morgan fingerprint density at radius 2 is 2.00 bits per heavy atom. The van der Waals surface area contributed by atoms with Gasteiger partial charge in [-0.25, -0.2) is 9.71 Å². The van der Waals surface area contributed by atoms with Crippen molar-refractivity contribution in [1.29, 1.82) is 0 Å². The molecule has 0 radical (unpaired) electrons. The van der Waals surface area contributed by atoms with Crippen molar-refractivity contribution >= 4 is 21.9 Å². The van der Waals surface area contributed by atoms with E-state index in [1.165, 1.54) is 4.31 Å². The van der Waals surface area contributed by atoms with Gasteiger partial charge < -0.3 is 15.4 Å². The summed E-state index contributed by atoms with van der Waals surface area (Å²) in [5.74, 6) is 0.913. The minimum atomic E-state index is -4.01. The molecular formula is C26H41N5O4S. The van der Waals surface area contributed by atoms with Crippen molar-refractivity contribution in [3.8, 4) is 17.0 Å². The summed E-state index contributed by atoms with van der Waals surface area (Å²) in [5, 5.41) is 0. The van der Waals surface area contributed by atoms with Crippen LogP contribution in [0.1, 0.15) is 60.7 Å². The zero-order valence-corrected chi connectivity index (χ0v) is 22.5. The molecule has 0 spiro atoms. The van der Waals surface area contributed by atoms with Gasteiger partial charge >= 0.3 is 10.2 Å². The minimum absolute atomic E-state index is 0. The Kier molecular flexibility index (Phi) is 7.32. The zero-order valence-electron chi connectivity index (χ0n) is 21.7. The molecule has 2 fully saturated rings. The Morgan fingerprint density at radius 3 is 2.61 bits per heavy atom. The molecule has 9 nitrogen and oxygen atoms in total. The molecule has 1 aromatic carbocycles. The molecule has 3 N–H and O–H groups in total. The van der Waals surface area contributed by atoms with Crippen LogP contribution in [0, 0.1) is 5.92 Å². The van der Waals surface area contributed by atoms with Gasteiger partial charge in [-0.1, -0.05) is 19.1 Å². The highest BCUT2D eigenvalue weighted by atomic mass is 32.2. The van der Waals surface area contributed by atoms with Crippen LogP contribution in [0.25, 0.3) is 11.3 Å². The average molecular weight is 520 g/mol. The van der Waals surface area contributed by atoms with Gasteiger partial charge in [0, 0.05) is 39.6 Å². The van der Waals surface area contributed by atoms with E-state index in [0.29, 0.717) is 36.9 Å². The van der Waals surface area contributed by atoms with E-state index < -0.39 is 16.1 Å². The molecule has 4 rings (SSSR count). The van der Waals surface area contributed by atoms with Crippen LogP contribution in [0.15, 0.2) is 36.4 Å². The molecule has 0 bridgehead atoms. The average Bonchev–Trinajstić information content (AvgIpc) is 3.34. The second-order valence-electron chi connectivity index (χ2n) is 10.8. The van der Waals surface area contributed by atoms with Crippen LogP contribution in [0.2, 0.25) is 0 Å². The first-order chi connectivity index (χ1) is 16.9. The summed E-state index contributed by atoms with van der Waals surface area (Å²) in [6, 6.07) is 10.8.